The van der Waals surface area contributed by atoms with Crippen LogP contribution in [-0.4, -0.2) is 24.5 Å². The summed E-state index contributed by atoms with van der Waals surface area (Å²) < 4.78 is 0. The molecule has 2 aliphatic rings. The molecule has 0 saturated heterocycles. The first-order valence-corrected chi connectivity index (χ1v) is 6.40. The Balaban J connectivity index is 1.84. The zero-order chi connectivity index (χ0) is 11.0. The molecule has 1 heterocycles. The largest absolute Gasteiger partial charge is 0.329 e. The van der Waals surface area contributed by atoms with Gasteiger partial charge in [-0.05, 0) is 36.3 Å². The van der Waals surface area contributed by atoms with Gasteiger partial charge in [0.1, 0.15) is 0 Å². The fourth-order valence-electron chi connectivity index (χ4n) is 2.83. The minimum absolute atomic E-state index is 0.463. The van der Waals surface area contributed by atoms with E-state index >= 15 is 0 Å². The van der Waals surface area contributed by atoms with Crippen molar-refractivity contribution in [3.63, 3.8) is 0 Å². The molecule has 1 aliphatic heterocycles. The van der Waals surface area contributed by atoms with Crippen LogP contribution in [0.15, 0.2) is 24.3 Å². The number of hydrogen-bond acceptors (Lipinski definition) is 2. The highest BCUT2D eigenvalue weighted by Crippen LogP contribution is 2.35. The molecule has 16 heavy (non-hydrogen) atoms. The van der Waals surface area contributed by atoms with Crippen LogP contribution in [0.5, 0.6) is 0 Å². The van der Waals surface area contributed by atoms with E-state index in [4.69, 9.17) is 5.73 Å². The quantitative estimate of drug-likeness (QED) is 0.837. The van der Waals surface area contributed by atoms with Crippen LogP contribution in [0.2, 0.25) is 0 Å². The van der Waals surface area contributed by atoms with Gasteiger partial charge in [0, 0.05) is 25.7 Å². The van der Waals surface area contributed by atoms with Gasteiger partial charge in [-0.2, -0.15) is 0 Å². The summed E-state index contributed by atoms with van der Waals surface area (Å²) in [4.78, 5) is 2.60. The van der Waals surface area contributed by atoms with Gasteiger partial charge < -0.3 is 5.73 Å². The number of nitrogens with two attached hydrogens (primary N) is 1. The maximum absolute atomic E-state index is 5.96. The van der Waals surface area contributed by atoms with E-state index in [0.29, 0.717) is 6.04 Å². The van der Waals surface area contributed by atoms with Gasteiger partial charge in [0.2, 0.25) is 0 Å². The Bertz CT molecular complexity index is 371. The monoisotopic (exact) mass is 216 g/mol. The topological polar surface area (TPSA) is 29.3 Å². The van der Waals surface area contributed by atoms with Crippen molar-refractivity contribution in [2.45, 2.75) is 25.3 Å². The van der Waals surface area contributed by atoms with Crippen molar-refractivity contribution < 1.29 is 0 Å². The molecule has 0 bridgehead atoms. The van der Waals surface area contributed by atoms with Crippen LogP contribution < -0.4 is 5.73 Å². The smallest absolute Gasteiger partial charge is 0.0473 e. The van der Waals surface area contributed by atoms with Crippen LogP contribution in [0.4, 0.5) is 0 Å². The predicted octanol–water partition coefficient (Wildman–Crippen LogP) is 1.95. The van der Waals surface area contributed by atoms with Gasteiger partial charge in [-0.25, -0.2) is 0 Å². The first-order chi connectivity index (χ1) is 7.88. The zero-order valence-corrected chi connectivity index (χ0v) is 9.73. The molecule has 1 aromatic rings. The van der Waals surface area contributed by atoms with E-state index in [1.165, 1.54) is 43.5 Å². The number of rotatable bonds is 3. The molecule has 1 fully saturated rings. The molecule has 1 saturated carbocycles. The molecule has 1 aliphatic carbocycles. The lowest BCUT2D eigenvalue weighted by Crippen LogP contribution is -2.40. The molecule has 2 nitrogen and oxygen atoms in total. The second-order valence-electron chi connectivity index (χ2n) is 5.14. The van der Waals surface area contributed by atoms with E-state index in [-0.39, 0.29) is 0 Å². The fraction of sp³-hybridized carbons (Fsp3) is 0.571. The minimum Gasteiger partial charge on any atom is -0.329 e. The second kappa shape index (κ2) is 4.19. The number of nitrogens with zero attached hydrogens (tertiary/aromatic N) is 1. The Hall–Kier alpha value is -0.860. The van der Waals surface area contributed by atoms with E-state index in [0.717, 1.165) is 12.5 Å². The molecular weight excluding hydrogens is 196 g/mol. The maximum Gasteiger partial charge on any atom is 0.0473 e. The lowest BCUT2D eigenvalue weighted by Gasteiger charge is -2.36. The summed E-state index contributed by atoms with van der Waals surface area (Å²) in [7, 11) is 0. The molecule has 0 radical (unpaired) electrons. The summed E-state index contributed by atoms with van der Waals surface area (Å²) in [5, 5.41) is 0. The normalized spacial score (nSPS) is 25.4. The minimum atomic E-state index is 0.463. The van der Waals surface area contributed by atoms with Gasteiger partial charge in [-0.3, -0.25) is 4.90 Å². The zero-order valence-electron chi connectivity index (χ0n) is 9.73. The van der Waals surface area contributed by atoms with Gasteiger partial charge >= 0.3 is 0 Å². The molecule has 1 atom stereocenters. The van der Waals surface area contributed by atoms with Gasteiger partial charge in [0.25, 0.3) is 0 Å². The van der Waals surface area contributed by atoms with Crippen LogP contribution in [-0.2, 0) is 6.42 Å². The van der Waals surface area contributed by atoms with Crippen molar-refractivity contribution in [3.8, 4) is 0 Å². The first kappa shape index (κ1) is 10.3. The first-order valence-electron chi connectivity index (χ1n) is 6.40. The lowest BCUT2D eigenvalue weighted by atomic mass is 9.92. The third-order valence-corrected chi connectivity index (χ3v) is 3.94. The predicted molar refractivity (Wildman–Crippen MR) is 66.2 cm³/mol. The highest BCUT2D eigenvalue weighted by atomic mass is 15.2. The number of benzene rings is 1. The van der Waals surface area contributed by atoms with Crippen LogP contribution in [0.25, 0.3) is 0 Å². The van der Waals surface area contributed by atoms with Crippen molar-refractivity contribution in [1.82, 2.24) is 4.90 Å². The molecule has 86 valence electrons. The van der Waals surface area contributed by atoms with Gasteiger partial charge in [-0.15, -0.1) is 0 Å². The highest BCUT2D eigenvalue weighted by Gasteiger charge is 2.31. The van der Waals surface area contributed by atoms with Gasteiger partial charge in [0.15, 0.2) is 0 Å². The molecule has 3 rings (SSSR count). The summed E-state index contributed by atoms with van der Waals surface area (Å²) in [6.45, 7) is 3.20. The number of fused-ring (bicyclic) bond motifs is 1. The standard InChI is InChI=1S/C14H20N2/c15-9-14-13-4-2-1-3-12(13)7-8-16(14)10-11-5-6-11/h1-4,11,14H,5-10,15H2. The maximum atomic E-state index is 5.96. The lowest BCUT2D eigenvalue weighted by molar-refractivity contribution is 0.182. The summed E-state index contributed by atoms with van der Waals surface area (Å²) in [5.41, 5.74) is 8.94. The van der Waals surface area contributed by atoms with Crippen LogP contribution in [0.1, 0.15) is 30.0 Å². The molecule has 2 heteroatoms. The Morgan fingerprint density at radius 2 is 2.06 bits per heavy atom. The molecule has 0 amide bonds. The van der Waals surface area contributed by atoms with Gasteiger partial charge in [0.05, 0.1) is 0 Å². The fourth-order valence-corrected chi connectivity index (χ4v) is 2.83. The van der Waals surface area contributed by atoms with E-state index in [9.17, 15) is 0 Å². The Morgan fingerprint density at radius 3 is 2.81 bits per heavy atom. The summed E-state index contributed by atoms with van der Waals surface area (Å²) in [6, 6.07) is 9.26. The summed E-state index contributed by atoms with van der Waals surface area (Å²) >= 11 is 0. The van der Waals surface area contributed by atoms with Crippen LogP contribution >= 0.6 is 0 Å². The third kappa shape index (κ3) is 1.87. The van der Waals surface area contributed by atoms with E-state index in [2.05, 4.69) is 29.2 Å². The van der Waals surface area contributed by atoms with E-state index in [1.807, 2.05) is 0 Å². The van der Waals surface area contributed by atoms with Crippen molar-refractivity contribution in [2.75, 3.05) is 19.6 Å². The molecular formula is C14H20N2. The number of hydrogen-bond donors (Lipinski definition) is 1. The Morgan fingerprint density at radius 1 is 1.25 bits per heavy atom. The van der Waals surface area contributed by atoms with Crippen molar-refractivity contribution in [2.24, 2.45) is 11.7 Å². The van der Waals surface area contributed by atoms with E-state index < -0.39 is 0 Å². The molecule has 2 N–H and O–H groups in total. The SMILES string of the molecule is NCC1c2ccccc2CCN1CC1CC1. The van der Waals surface area contributed by atoms with Crippen LogP contribution in [0, 0.1) is 5.92 Å². The molecule has 1 aromatic carbocycles. The average Bonchev–Trinajstić information content (AvgIpc) is 3.13. The molecule has 0 spiro atoms. The Kier molecular flexibility index (Phi) is 2.70. The molecule has 1 unspecified atom stereocenters. The van der Waals surface area contributed by atoms with Crippen molar-refractivity contribution in [3.05, 3.63) is 35.4 Å². The third-order valence-electron chi connectivity index (χ3n) is 3.94. The second-order valence-corrected chi connectivity index (χ2v) is 5.14. The summed E-state index contributed by atoms with van der Waals surface area (Å²) in [6.07, 6.45) is 4.05. The average molecular weight is 216 g/mol. The van der Waals surface area contributed by atoms with E-state index in [1.54, 1.807) is 0 Å². The van der Waals surface area contributed by atoms with Crippen LogP contribution in [0.3, 0.4) is 0 Å². The van der Waals surface area contributed by atoms with Gasteiger partial charge in [-0.1, -0.05) is 24.3 Å². The Labute approximate surface area is 97.4 Å². The van der Waals surface area contributed by atoms with Crippen molar-refractivity contribution >= 4 is 0 Å². The highest BCUT2D eigenvalue weighted by molar-refractivity contribution is 5.32. The summed E-state index contributed by atoms with van der Waals surface area (Å²) in [5.74, 6) is 0.958. The van der Waals surface area contributed by atoms with Crippen molar-refractivity contribution in [1.29, 1.82) is 0 Å². The molecule has 0 aromatic heterocycles.